The van der Waals surface area contributed by atoms with Crippen LogP contribution < -0.4 is 0 Å². The van der Waals surface area contributed by atoms with Crippen molar-refractivity contribution in [1.29, 1.82) is 0 Å². The number of aryl methyl sites for hydroxylation is 1. The second-order valence-corrected chi connectivity index (χ2v) is 6.09. The Labute approximate surface area is 135 Å². The third-order valence-corrected chi connectivity index (χ3v) is 4.08. The van der Waals surface area contributed by atoms with Crippen molar-refractivity contribution in [3.05, 3.63) is 57.8 Å². The largest absolute Gasteiger partial charge is 0.296 e. The van der Waals surface area contributed by atoms with Gasteiger partial charge in [-0.2, -0.15) is 0 Å². The van der Waals surface area contributed by atoms with E-state index in [4.69, 9.17) is 23.2 Å². The highest BCUT2D eigenvalue weighted by Crippen LogP contribution is 2.28. The fourth-order valence-corrected chi connectivity index (χ4v) is 3.04. The lowest BCUT2D eigenvalue weighted by atomic mass is 10.2. The molecule has 0 fully saturated rings. The topological polar surface area (TPSA) is 17.8 Å². The number of benzene rings is 2. The van der Waals surface area contributed by atoms with Crippen molar-refractivity contribution in [2.24, 2.45) is 0 Å². The van der Waals surface area contributed by atoms with E-state index in [1.807, 2.05) is 36.4 Å². The zero-order chi connectivity index (χ0) is 14.1. The minimum atomic E-state index is 0.523. The fraction of sp³-hybridized carbons (Fsp3) is 0.133. The van der Waals surface area contributed by atoms with E-state index in [0.717, 1.165) is 27.0 Å². The number of imidazole rings is 1. The summed E-state index contributed by atoms with van der Waals surface area (Å²) in [5.74, 6) is 1.44. The van der Waals surface area contributed by atoms with E-state index < -0.39 is 0 Å². The summed E-state index contributed by atoms with van der Waals surface area (Å²) in [5.41, 5.74) is 2.86. The maximum Gasteiger partial charge on any atom is 0.115 e. The number of halogens is 3. The molecule has 0 bridgehead atoms. The molecular formula is C15H11BrCl2N2. The first-order valence-corrected chi connectivity index (χ1v) is 7.89. The summed E-state index contributed by atoms with van der Waals surface area (Å²) >= 11 is 15.6. The highest BCUT2D eigenvalue weighted by Gasteiger charge is 2.14. The summed E-state index contributed by atoms with van der Waals surface area (Å²) in [7, 11) is 0. The van der Waals surface area contributed by atoms with Crippen molar-refractivity contribution in [3.8, 4) is 5.69 Å². The third kappa shape index (κ3) is 2.46. The summed E-state index contributed by atoms with van der Waals surface area (Å²) < 4.78 is 3.13. The molecule has 0 N–H and O–H groups in total. The standard InChI is InChI=1S/C15H11BrCl2N2/c16-10-3-1-4-11(9-10)20-13-6-2-5-12(18)15(13)19-14(20)7-8-17/h1-6,9H,7-8H2. The maximum atomic E-state index is 6.24. The minimum absolute atomic E-state index is 0.523. The van der Waals surface area contributed by atoms with Crippen molar-refractivity contribution in [3.63, 3.8) is 0 Å². The van der Waals surface area contributed by atoms with Crippen LogP contribution in [0.3, 0.4) is 0 Å². The molecule has 0 aliphatic carbocycles. The van der Waals surface area contributed by atoms with Crippen molar-refractivity contribution in [1.82, 2.24) is 9.55 Å². The van der Waals surface area contributed by atoms with Crippen LogP contribution in [-0.2, 0) is 6.42 Å². The molecule has 0 saturated carbocycles. The zero-order valence-corrected chi connectivity index (χ0v) is 13.6. The SMILES string of the molecule is ClCCc1nc2c(Cl)cccc2n1-c1cccc(Br)c1. The molecule has 0 spiro atoms. The number of hydrogen-bond donors (Lipinski definition) is 0. The molecular weight excluding hydrogens is 359 g/mol. The summed E-state index contributed by atoms with van der Waals surface area (Å²) in [6.45, 7) is 0. The molecule has 0 atom stereocenters. The molecule has 20 heavy (non-hydrogen) atoms. The zero-order valence-electron chi connectivity index (χ0n) is 10.5. The van der Waals surface area contributed by atoms with Gasteiger partial charge in [0.05, 0.1) is 10.5 Å². The molecule has 2 nitrogen and oxygen atoms in total. The molecule has 0 unspecified atom stereocenters. The van der Waals surface area contributed by atoms with E-state index in [2.05, 4.69) is 31.5 Å². The third-order valence-electron chi connectivity index (χ3n) is 3.09. The normalized spacial score (nSPS) is 11.2. The van der Waals surface area contributed by atoms with Gasteiger partial charge in [0.15, 0.2) is 0 Å². The molecule has 3 rings (SSSR count). The molecule has 3 aromatic rings. The number of aromatic nitrogens is 2. The monoisotopic (exact) mass is 368 g/mol. The number of rotatable bonds is 3. The minimum Gasteiger partial charge on any atom is -0.296 e. The Balaban J connectivity index is 2.32. The van der Waals surface area contributed by atoms with Gasteiger partial charge < -0.3 is 0 Å². The van der Waals surface area contributed by atoms with E-state index in [1.54, 1.807) is 0 Å². The number of fused-ring (bicyclic) bond motifs is 1. The molecule has 1 aromatic heterocycles. The van der Waals surface area contributed by atoms with Crippen LogP contribution in [0.25, 0.3) is 16.7 Å². The molecule has 0 aliphatic rings. The Hall–Kier alpha value is -1.03. The lowest BCUT2D eigenvalue weighted by molar-refractivity contribution is 0.912. The Morgan fingerprint density at radius 2 is 1.95 bits per heavy atom. The lowest BCUT2D eigenvalue weighted by Gasteiger charge is -2.09. The number of hydrogen-bond acceptors (Lipinski definition) is 1. The fourth-order valence-electron chi connectivity index (χ4n) is 2.27. The first kappa shape index (κ1) is 13.9. The average Bonchev–Trinajstić information content (AvgIpc) is 2.79. The predicted octanol–water partition coefficient (Wildman–Crippen LogP) is 5.22. The van der Waals surface area contributed by atoms with Crippen LogP contribution in [0.2, 0.25) is 5.02 Å². The number of nitrogens with zero attached hydrogens (tertiary/aromatic N) is 2. The first-order chi connectivity index (χ1) is 9.70. The smallest absolute Gasteiger partial charge is 0.115 e. The van der Waals surface area contributed by atoms with Crippen LogP contribution in [0.1, 0.15) is 5.82 Å². The summed E-state index contributed by atoms with van der Waals surface area (Å²) in [6, 6.07) is 13.9. The lowest BCUT2D eigenvalue weighted by Crippen LogP contribution is -2.02. The Morgan fingerprint density at radius 1 is 1.15 bits per heavy atom. The van der Waals surface area contributed by atoms with Crippen LogP contribution in [0.4, 0.5) is 0 Å². The van der Waals surface area contributed by atoms with Crippen LogP contribution in [0, 0.1) is 0 Å². The molecule has 2 aromatic carbocycles. The van der Waals surface area contributed by atoms with Gasteiger partial charge in [-0.3, -0.25) is 4.57 Å². The van der Waals surface area contributed by atoms with E-state index in [1.165, 1.54) is 0 Å². The molecule has 0 radical (unpaired) electrons. The second-order valence-electron chi connectivity index (χ2n) is 4.39. The quantitative estimate of drug-likeness (QED) is 0.578. The van der Waals surface area contributed by atoms with Crippen molar-refractivity contribution in [2.75, 3.05) is 5.88 Å². The van der Waals surface area contributed by atoms with Gasteiger partial charge >= 0.3 is 0 Å². The van der Waals surface area contributed by atoms with E-state index >= 15 is 0 Å². The van der Waals surface area contributed by atoms with Gasteiger partial charge in [0.25, 0.3) is 0 Å². The maximum absolute atomic E-state index is 6.24. The molecule has 0 amide bonds. The van der Waals surface area contributed by atoms with Crippen LogP contribution in [-0.4, -0.2) is 15.4 Å². The van der Waals surface area contributed by atoms with Crippen molar-refractivity contribution < 1.29 is 0 Å². The Morgan fingerprint density at radius 3 is 2.70 bits per heavy atom. The molecule has 0 aliphatic heterocycles. The Kier molecular flexibility index (Phi) is 4.01. The van der Waals surface area contributed by atoms with Crippen molar-refractivity contribution >= 4 is 50.2 Å². The van der Waals surface area contributed by atoms with E-state index in [9.17, 15) is 0 Å². The predicted molar refractivity (Wildman–Crippen MR) is 88.2 cm³/mol. The molecule has 1 heterocycles. The number of para-hydroxylation sites is 1. The average molecular weight is 370 g/mol. The Bertz CT molecular complexity index is 768. The highest BCUT2D eigenvalue weighted by atomic mass is 79.9. The summed E-state index contributed by atoms with van der Waals surface area (Å²) in [5, 5.41) is 0.659. The van der Waals surface area contributed by atoms with Gasteiger partial charge in [-0.05, 0) is 30.3 Å². The molecule has 5 heteroatoms. The van der Waals surface area contributed by atoms with Gasteiger partial charge in [0.1, 0.15) is 11.3 Å². The molecule has 0 saturated heterocycles. The van der Waals surface area contributed by atoms with Crippen LogP contribution in [0.15, 0.2) is 46.9 Å². The summed E-state index contributed by atoms with van der Waals surface area (Å²) in [4.78, 5) is 4.64. The first-order valence-electron chi connectivity index (χ1n) is 6.18. The van der Waals surface area contributed by atoms with E-state index in [-0.39, 0.29) is 0 Å². The van der Waals surface area contributed by atoms with Gasteiger partial charge in [0.2, 0.25) is 0 Å². The summed E-state index contributed by atoms with van der Waals surface area (Å²) in [6.07, 6.45) is 0.694. The van der Waals surface area contributed by atoms with Gasteiger partial charge in [-0.15, -0.1) is 11.6 Å². The van der Waals surface area contributed by atoms with Crippen LogP contribution >= 0.6 is 39.1 Å². The van der Waals surface area contributed by atoms with Gasteiger partial charge in [-0.1, -0.05) is 39.7 Å². The number of alkyl halides is 1. The van der Waals surface area contributed by atoms with E-state index in [0.29, 0.717) is 17.3 Å². The van der Waals surface area contributed by atoms with Gasteiger partial charge in [0, 0.05) is 22.5 Å². The van der Waals surface area contributed by atoms with Gasteiger partial charge in [-0.25, -0.2) is 4.98 Å². The molecule has 102 valence electrons. The van der Waals surface area contributed by atoms with Crippen molar-refractivity contribution in [2.45, 2.75) is 6.42 Å². The van der Waals surface area contributed by atoms with Crippen LogP contribution in [0.5, 0.6) is 0 Å². The second kappa shape index (κ2) is 5.76. The highest BCUT2D eigenvalue weighted by molar-refractivity contribution is 9.10.